The third-order valence-corrected chi connectivity index (χ3v) is 3.25. The number of fused-ring (bicyclic) bond motifs is 1. The van der Waals surface area contributed by atoms with E-state index in [4.69, 9.17) is 11.6 Å². The summed E-state index contributed by atoms with van der Waals surface area (Å²) < 4.78 is 3.66. The molecule has 0 aliphatic carbocycles. The topological polar surface area (TPSA) is 48.0 Å². The quantitative estimate of drug-likeness (QED) is 0.544. The molecular weight excluding hydrogens is 258 g/mol. The lowest BCUT2D eigenvalue weighted by Crippen LogP contribution is -2.35. The van der Waals surface area contributed by atoms with Gasteiger partial charge in [0.05, 0.1) is 6.20 Å². The molecule has 92 valence electrons. The molecule has 0 saturated carbocycles. The lowest BCUT2D eigenvalue weighted by Gasteiger charge is -2.18. The Morgan fingerprint density at radius 3 is 2.53 bits per heavy atom. The number of aromatic nitrogens is 5. The zero-order valence-corrected chi connectivity index (χ0v) is 11.8. The molecular formula is C10H11B3ClN5. The Labute approximate surface area is 118 Å². The predicted molar refractivity (Wildman–Crippen MR) is 82.8 cm³/mol. The van der Waals surface area contributed by atoms with Gasteiger partial charge in [-0.3, -0.25) is 4.68 Å². The van der Waals surface area contributed by atoms with Crippen molar-refractivity contribution in [2.75, 3.05) is 0 Å². The maximum Gasteiger partial charge on any atom is 0.156 e. The van der Waals surface area contributed by atoms with E-state index in [2.05, 4.69) is 38.7 Å². The van der Waals surface area contributed by atoms with Crippen LogP contribution in [0.5, 0.6) is 0 Å². The van der Waals surface area contributed by atoms with Gasteiger partial charge in [-0.2, -0.15) is 10.2 Å². The highest BCUT2D eigenvalue weighted by molar-refractivity contribution is 6.56. The van der Waals surface area contributed by atoms with Gasteiger partial charge >= 0.3 is 0 Å². The van der Waals surface area contributed by atoms with Gasteiger partial charge in [0.1, 0.15) is 35.4 Å². The van der Waals surface area contributed by atoms with Crippen molar-refractivity contribution < 1.29 is 0 Å². The van der Waals surface area contributed by atoms with E-state index in [0.717, 1.165) is 16.6 Å². The zero-order chi connectivity index (χ0) is 13.6. The van der Waals surface area contributed by atoms with Crippen LogP contribution in [-0.2, 0) is 5.24 Å². The summed E-state index contributed by atoms with van der Waals surface area (Å²) in [5.41, 5.74) is 2.86. The van der Waals surface area contributed by atoms with Gasteiger partial charge in [0, 0.05) is 23.5 Å². The van der Waals surface area contributed by atoms with Gasteiger partial charge in [-0.1, -0.05) is 11.6 Å². The molecule has 0 saturated heterocycles. The first-order chi connectivity index (χ1) is 8.95. The van der Waals surface area contributed by atoms with E-state index >= 15 is 0 Å². The largest absolute Gasteiger partial charge is 0.290 e. The second-order valence-electron chi connectivity index (χ2n) is 5.45. The van der Waals surface area contributed by atoms with Crippen LogP contribution in [0.1, 0.15) is 0 Å². The summed E-state index contributed by atoms with van der Waals surface area (Å²) in [6.07, 6.45) is 7.24. The molecule has 0 aromatic carbocycles. The van der Waals surface area contributed by atoms with E-state index in [-0.39, 0.29) is 5.24 Å². The van der Waals surface area contributed by atoms with E-state index in [1.54, 1.807) is 4.52 Å². The van der Waals surface area contributed by atoms with Crippen LogP contribution in [0.2, 0.25) is 5.15 Å². The van der Waals surface area contributed by atoms with Crippen molar-refractivity contribution >= 4 is 40.7 Å². The fraction of sp³-hybridized carbons (Fsp3) is 0.100. The van der Waals surface area contributed by atoms with Gasteiger partial charge < -0.3 is 0 Å². The zero-order valence-electron chi connectivity index (χ0n) is 11.0. The van der Waals surface area contributed by atoms with Crippen molar-refractivity contribution in [2.24, 2.45) is 0 Å². The minimum Gasteiger partial charge on any atom is -0.290 e. The van der Waals surface area contributed by atoms with Crippen LogP contribution in [-0.4, -0.2) is 47.9 Å². The van der Waals surface area contributed by atoms with E-state index in [1.165, 1.54) is 6.33 Å². The Bertz CT molecular complexity index is 745. The fourth-order valence-electron chi connectivity index (χ4n) is 1.90. The summed E-state index contributed by atoms with van der Waals surface area (Å²) in [4.78, 5) is 3.97. The Kier molecular flexibility index (Phi) is 2.71. The number of rotatable bonds is 2. The average molecular weight is 269 g/mol. The number of nitrogens with zero attached hydrogens (tertiary/aromatic N) is 5. The molecule has 0 aliphatic rings. The van der Waals surface area contributed by atoms with Gasteiger partial charge in [0.2, 0.25) is 0 Å². The summed E-state index contributed by atoms with van der Waals surface area (Å²) in [6, 6.07) is 1.96. The Morgan fingerprint density at radius 2 is 1.89 bits per heavy atom. The molecule has 0 unspecified atom stereocenters. The molecule has 0 aliphatic heterocycles. The van der Waals surface area contributed by atoms with E-state index in [0.29, 0.717) is 5.15 Å². The second kappa shape index (κ2) is 4.16. The van der Waals surface area contributed by atoms with Gasteiger partial charge in [-0.15, -0.1) is 0 Å². The molecule has 3 aromatic heterocycles. The maximum atomic E-state index is 6.04. The first-order valence-corrected chi connectivity index (χ1v) is 6.37. The van der Waals surface area contributed by atoms with E-state index in [9.17, 15) is 0 Å². The van der Waals surface area contributed by atoms with Crippen molar-refractivity contribution in [1.82, 2.24) is 24.4 Å². The van der Waals surface area contributed by atoms with Crippen LogP contribution < -0.4 is 0 Å². The summed E-state index contributed by atoms with van der Waals surface area (Å²) in [6.45, 7) is 0. The molecule has 0 fully saturated rings. The molecule has 3 heterocycles. The summed E-state index contributed by atoms with van der Waals surface area (Å²) >= 11 is 6.04. The Balaban J connectivity index is 2.09. The van der Waals surface area contributed by atoms with Crippen LogP contribution in [0.15, 0.2) is 31.0 Å². The van der Waals surface area contributed by atoms with Crippen molar-refractivity contribution in [2.45, 2.75) is 5.24 Å². The lowest BCUT2D eigenvalue weighted by atomic mass is 9.49. The predicted octanol–water partition coefficient (Wildman–Crippen LogP) is -1.29. The minimum absolute atomic E-state index is 0.0329. The van der Waals surface area contributed by atoms with Crippen LogP contribution in [0.3, 0.4) is 0 Å². The Morgan fingerprint density at radius 1 is 1.11 bits per heavy atom. The SMILES string of the molecule is BC(B)(B)n1cc(-c2cc3c(Cl)ncnn3c2)cn1. The molecule has 0 amide bonds. The first kappa shape index (κ1) is 12.4. The van der Waals surface area contributed by atoms with Crippen LogP contribution in [0.25, 0.3) is 16.6 Å². The van der Waals surface area contributed by atoms with Crippen molar-refractivity contribution in [3.8, 4) is 11.1 Å². The van der Waals surface area contributed by atoms with Gasteiger partial charge in [-0.05, 0) is 11.3 Å². The third-order valence-electron chi connectivity index (χ3n) is 2.96. The number of hydrogen-bond acceptors (Lipinski definition) is 3. The van der Waals surface area contributed by atoms with Crippen molar-refractivity contribution in [3.05, 3.63) is 36.1 Å². The molecule has 9 heteroatoms. The number of hydrogen-bond donors (Lipinski definition) is 0. The molecule has 0 spiro atoms. The molecule has 5 nitrogen and oxygen atoms in total. The molecule has 0 radical (unpaired) electrons. The number of halogens is 1. The third kappa shape index (κ3) is 2.16. The molecule has 0 atom stereocenters. The van der Waals surface area contributed by atoms with Crippen LogP contribution in [0.4, 0.5) is 0 Å². The smallest absolute Gasteiger partial charge is 0.156 e. The first-order valence-electron chi connectivity index (χ1n) is 5.99. The van der Waals surface area contributed by atoms with Crippen LogP contribution >= 0.6 is 11.6 Å². The molecule has 19 heavy (non-hydrogen) atoms. The van der Waals surface area contributed by atoms with Gasteiger partial charge in [0.15, 0.2) is 5.15 Å². The maximum absolute atomic E-state index is 6.04. The molecule has 3 rings (SSSR count). The summed E-state index contributed by atoms with van der Waals surface area (Å²) in [7, 11) is 6.34. The van der Waals surface area contributed by atoms with Gasteiger partial charge in [-0.25, -0.2) is 9.50 Å². The summed E-state index contributed by atoms with van der Waals surface area (Å²) in [5.74, 6) is 0. The molecule has 0 N–H and O–H groups in total. The second-order valence-corrected chi connectivity index (χ2v) is 5.81. The normalized spacial score (nSPS) is 12.1. The van der Waals surface area contributed by atoms with Gasteiger partial charge in [0.25, 0.3) is 0 Å². The molecule has 3 aromatic rings. The van der Waals surface area contributed by atoms with Crippen LogP contribution in [0, 0.1) is 0 Å². The monoisotopic (exact) mass is 269 g/mol. The standard InChI is InChI=1S/C10H11B3ClN5/c11-10(12,13)19-4-7(2-16-19)6-1-8-9(14)15-5-17-18(8)3-6/h1-5H,11-13H2. The summed E-state index contributed by atoms with van der Waals surface area (Å²) in [5, 5.41) is 8.95. The molecule has 0 bridgehead atoms. The average Bonchev–Trinajstić information content (AvgIpc) is 2.94. The fourth-order valence-corrected chi connectivity index (χ4v) is 2.08. The van der Waals surface area contributed by atoms with Crippen molar-refractivity contribution in [3.63, 3.8) is 0 Å². The lowest BCUT2D eigenvalue weighted by molar-refractivity contribution is 0.671. The van der Waals surface area contributed by atoms with E-state index < -0.39 is 0 Å². The minimum atomic E-state index is -0.0329. The van der Waals surface area contributed by atoms with E-state index in [1.807, 2.05) is 29.3 Å². The Hall–Kier alpha value is -1.69. The highest BCUT2D eigenvalue weighted by atomic mass is 35.5. The van der Waals surface area contributed by atoms with Crippen molar-refractivity contribution in [1.29, 1.82) is 0 Å². The highest BCUT2D eigenvalue weighted by Gasteiger charge is 2.16. The highest BCUT2D eigenvalue weighted by Crippen LogP contribution is 2.24.